The Balaban J connectivity index is 1.61. The molecular formula is C19H15N3O2. The third-order valence-electron chi connectivity index (χ3n) is 4.37. The van der Waals surface area contributed by atoms with Gasteiger partial charge in [-0.05, 0) is 18.2 Å². The van der Waals surface area contributed by atoms with Crippen LogP contribution in [0.2, 0.25) is 0 Å². The summed E-state index contributed by atoms with van der Waals surface area (Å²) in [6.45, 7) is 0.287. The summed E-state index contributed by atoms with van der Waals surface area (Å²) in [5.41, 5.74) is 4.24. The minimum Gasteiger partial charge on any atom is -0.454 e. The van der Waals surface area contributed by atoms with E-state index in [0.717, 1.165) is 39.8 Å². The molecule has 0 unspecified atom stereocenters. The van der Waals surface area contributed by atoms with Gasteiger partial charge in [-0.2, -0.15) is 0 Å². The average Bonchev–Trinajstić information content (AvgIpc) is 3.31. The van der Waals surface area contributed by atoms with Gasteiger partial charge in [0, 0.05) is 30.6 Å². The molecule has 2 aromatic carbocycles. The number of nitrogens with zero attached hydrogens (tertiary/aromatic N) is 3. The highest BCUT2D eigenvalue weighted by Crippen LogP contribution is 2.36. The lowest BCUT2D eigenvalue weighted by molar-refractivity contribution is 0.174. The van der Waals surface area contributed by atoms with Gasteiger partial charge in [0.2, 0.25) is 12.6 Å². The summed E-state index contributed by atoms with van der Waals surface area (Å²) < 4.78 is 15.0. The molecule has 5 heteroatoms. The number of imidazole rings is 2. The molecule has 0 aliphatic carbocycles. The first-order valence-electron chi connectivity index (χ1n) is 7.79. The summed E-state index contributed by atoms with van der Waals surface area (Å²) in [7, 11) is 2.02. The molecule has 0 spiro atoms. The standard InChI is InChI=1S/C19H15N3O2/c1-21-16(14-7-8-17-18(9-14)24-12-23-17)11-22-10-15(20-19(21)22)13-5-3-2-4-6-13/h2-11H,12H2,1H3. The summed E-state index contributed by atoms with van der Waals surface area (Å²) >= 11 is 0. The van der Waals surface area contributed by atoms with Crippen LogP contribution in [-0.2, 0) is 7.05 Å². The van der Waals surface area contributed by atoms with Crippen LogP contribution in [0, 0.1) is 0 Å². The predicted octanol–water partition coefficient (Wildman–Crippen LogP) is 3.74. The van der Waals surface area contributed by atoms with Crippen LogP contribution < -0.4 is 9.47 Å². The second-order valence-corrected chi connectivity index (χ2v) is 5.84. The smallest absolute Gasteiger partial charge is 0.231 e. The number of fused-ring (bicyclic) bond motifs is 2. The van der Waals surface area contributed by atoms with Crippen molar-refractivity contribution in [3.05, 3.63) is 60.9 Å². The van der Waals surface area contributed by atoms with Crippen LogP contribution in [-0.4, -0.2) is 20.7 Å². The Hall–Kier alpha value is -3.21. The van der Waals surface area contributed by atoms with Crippen LogP contribution >= 0.6 is 0 Å². The van der Waals surface area contributed by atoms with E-state index in [1.807, 2.05) is 43.4 Å². The van der Waals surface area contributed by atoms with Crippen molar-refractivity contribution in [2.24, 2.45) is 7.05 Å². The molecule has 0 radical (unpaired) electrons. The Bertz CT molecular complexity index is 1050. The topological polar surface area (TPSA) is 40.7 Å². The Morgan fingerprint density at radius 2 is 1.75 bits per heavy atom. The quantitative estimate of drug-likeness (QED) is 0.565. The second kappa shape index (κ2) is 4.89. The molecule has 118 valence electrons. The zero-order valence-corrected chi connectivity index (χ0v) is 13.1. The van der Waals surface area contributed by atoms with E-state index in [4.69, 9.17) is 14.5 Å². The minimum atomic E-state index is 0.287. The van der Waals surface area contributed by atoms with Gasteiger partial charge in [0.05, 0.1) is 11.4 Å². The first-order valence-corrected chi connectivity index (χ1v) is 7.79. The molecule has 0 fully saturated rings. The number of aromatic nitrogens is 3. The van der Waals surface area contributed by atoms with Gasteiger partial charge in [-0.25, -0.2) is 4.98 Å². The van der Waals surface area contributed by atoms with Gasteiger partial charge in [0.1, 0.15) is 0 Å². The maximum Gasteiger partial charge on any atom is 0.231 e. The third-order valence-corrected chi connectivity index (χ3v) is 4.37. The molecule has 5 rings (SSSR count). The summed E-state index contributed by atoms with van der Waals surface area (Å²) in [6.07, 6.45) is 4.15. The summed E-state index contributed by atoms with van der Waals surface area (Å²) in [5, 5.41) is 0. The molecule has 24 heavy (non-hydrogen) atoms. The number of rotatable bonds is 2. The van der Waals surface area contributed by atoms with Crippen molar-refractivity contribution >= 4 is 5.78 Å². The highest BCUT2D eigenvalue weighted by Gasteiger charge is 2.17. The first kappa shape index (κ1) is 13.2. The largest absolute Gasteiger partial charge is 0.454 e. The molecule has 0 amide bonds. The Labute approximate surface area is 138 Å². The monoisotopic (exact) mass is 317 g/mol. The third kappa shape index (κ3) is 1.91. The second-order valence-electron chi connectivity index (χ2n) is 5.84. The van der Waals surface area contributed by atoms with Crippen LogP contribution in [0.1, 0.15) is 0 Å². The first-order chi connectivity index (χ1) is 11.8. The molecule has 1 aliphatic rings. The molecular weight excluding hydrogens is 302 g/mol. The van der Waals surface area contributed by atoms with E-state index in [1.165, 1.54) is 0 Å². The number of aryl methyl sites for hydroxylation is 1. The number of ether oxygens (including phenoxy) is 2. The van der Waals surface area contributed by atoms with Crippen LogP contribution in [0.25, 0.3) is 28.3 Å². The fraction of sp³-hybridized carbons (Fsp3) is 0.105. The van der Waals surface area contributed by atoms with E-state index in [9.17, 15) is 0 Å². The zero-order valence-electron chi connectivity index (χ0n) is 13.1. The SMILES string of the molecule is Cn1c(-c2ccc3c(c2)OCO3)cn2cc(-c3ccccc3)nc12. The maximum atomic E-state index is 5.48. The van der Waals surface area contributed by atoms with Crippen molar-refractivity contribution in [3.63, 3.8) is 0 Å². The van der Waals surface area contributed by atoms with Crippen LogP contribution in [0.15, 0.2) is 60.9 Å². The van der Waals surface area contributed by atoms with Gasteiger partial charge >= 0.3 is 0 Å². The minimum absolute atomic E-state index is 0.287. The van der Waals surface area contributed by atoms with E-state index >= 15 is 0 Å². The Morgan fingerprint density at radius 3 is 2.58 bits per heavy atom. The van der Waals surface area contributed by atoms with Crippen molar-refractivity contribution in [2.45, 2.75) is 0 Å². The summed E-state index contributed by atoms with van der Waals surface area (Å²) in [5.74, 6) is 2.49. The summed E-state index contributed by atoms with van der Waals surface area (Å²) in [6, 6.07) is 16.2. The van der Waals surface area contributed by atoms with Crippen LogP contribution in [0.5, 0.6) is 11.5 Å². The summed E-state index contributed by atoms with van der Waals surface area (Å²) in [4.78, 5) is 4.77. The molecule has 0 bridgehead atoms. The fourth-order valence-electron chi connectivity index (χ4n) is 3.13. The van der Waals surface area contributed by atoms with Gasteiger partial charge in [0.15, 0.2) is 11.5 Å². The van der Waals surface area contributed by atoms with E-state index in [-0.39, 0.29) is 6.79 Å². The van der Waals surface area contributed by atoms with E-state index in [1.54, 1.807) is 0 Å². The number of hydrogen-bond acceptors (Lipinski definition) is 3. The molecule has 3 heterocycles. The van der Waals surface area contributed by atoms with Crippen molar-refractivity contribution < 1.29 is 9.47 Å². The van der Waals surface area contributed by atoms with Crippen molar-refractivity contribution in [3.8, 4) is 34.0 Å². The van der Waals surface area contributed by atoms with E-state index < -0.39 is 0 Å². The van der Waals surface area contributed by atoms with Crippen molar-refractivity contribution in [2.75, 3.05) is 6.79 Å². The van der Waals surface area contributed by atoms with Gasteiger partial charge in [-0.15, -0.1) is 0 Å². The molecule has 0 atom stereocenters. The highest BCUT2D eigenvalue weighted by atomic mass is 16.7. The molecule has 0 N–H and O–H groups in total. The van der Waals surface area contributed by atoms with Crippen molar-refractivity contribution in [1.82, 2.24) is 14.0 Å². The van der Waals surface area contributed by atoms with Gasteiger partial charge in [0.25, 0.3) is 0 Å². The highest BCUT2D eigenvalue weighted by molar-refractivity contribution is 5.69. The van der Waals surface area contributed by atoms with E-state index in [2.05, 4.69) is 33.5 Å². The number of hydrogen-bond donors (Lipinski definition) is 0. The van der Waals surface area contributed by atoms with Crippen molar-refractivity contribution in [1.29, 1.82) is 0 Å². The van der Waals surface area contributed by atoms with Gasteiger partial charge in [-0.1, -0.05) is 30.3 Å². The van der Waals surface area contributed by atoms with Gasteiger partial charge < -0.3 is 14.0 Å². The van der Waals surface area contributed by atoms with Crippen LogP contribution in [0.3, 0.4) is 0 Å². The van der Waals surface area contributed by atoms with E-state index in [0.29, 0.717) is 0 Å². The predicted molar refractivity (Wildman–Crippen MR) is 91.2 cm³/mol. The molecule has 4 aromatic rings. The maximum absolute atomic E-state index is 5.48. The lowest BCUT2D eigenvalue weighted by Gasteiger charge is -2.04. The average molecular weight is 317 g/mol. The number of benzene rings is 2. The molecule has 1 aliphatic heterocycles. The Morgan fingerprint density at radius 1 is 0.917 bits per heavy atom. The lowest BCUT2D eigenvalue weighted by Crippen LogP contribution is -1.93. The molecule has 2 aromatic heterocycles. The molecule has 0 saturated carbocycles. The molecule has 5 nitrogen and oxygen atoms in total. The van der Waals surface area contributed by atoms with Gasteiger partial charge in [-0.3, -0.25) is 4.40 Å². The lowest BCUT2D eigenvalue weighted by atomic mass is 10.1. The normalized spacial score (nSPS) is 12.9. The Kier molecular flexibility index (Phi) is 2.70. The van der Waals surface area contributed by atoms with Crippen LogP contribution in [0.4, 0.5) is 0 Å². The fourth-order valence-corrected chi connectivity index (χ4v) is 3.13. The zero-order chi connectivity index (χ0) is 16.1. The molecule has 0 saturated heterocycles.